The molecule has 4 aromatic rings. The molecule has 0 radical (unpaired) electrons. The molecule has 0 saturated carbocycles. The fraction of sp³-hybridized carbons (Fsp3) is 0.290. The Balaban J connectivity index is 1.57. The molecule has 0 saturated heterocycles. The molecule has 12 nitrogen and oxygen atoms in total. The molecular weight excluding hydrogens is 580 g/mol. The average molecular weight is 615 g/mol. The molecule has 0 aliphatic carbocycles. The zero-order chi connectivity index (χ0) is 31.9. The number of rotatable bonds is 8. The van der Waals surface area contributed by atoms with Crippen LogP contribution in [0.2, 0.25) is 0 Å². The van der Waals surface area contributed by atoms with Crippen LogP contribution >= 0.6 is 0 Å². The molecule has 1 unspecified atom stereocenters. The van der Waals surface area contributed by atoms with Crippen LogP contribution in [0.5, 0.6) is 5.75 Å². The number of nitrogens with zero attached hydrogens (tertiary/aromatic N) is 6. The van der Waals surface area contributed by atoms with Gasteiger partial charge in [-0.1, -0.05) is 26.8 Å². The Morgan fingerprint density at radius 3 is 2.36 bits per heavy atom. The van der Waals surface area contributed by atoms with Gasteiger partial charge in [0.25, 0.3) is 5.91 Å². The first kappa shape index (κ1) is 30.5. The number of nitrogens with one attached hydrogen (secondary N) is 2. The minimum absolute atomic E-state index is 0.191. The fourth-order valence-electron chi connectivity index (χ4n) is 5.16. The van der Waals surface area contributed by atoms with E-state index in [1.807, 2.05) is 57.5 Å². The maximum atomic E-state index is 13.8. The van der Waals surface area contributed by atoms with Crippen molar-refractivity contribution in [2.75, 3.05) is 23.4 Å². The van der Waals surface area contributed by atoms with Crippen molar-refractivity contribution in [2.45, 2.75) is 38.6 Å². The van der Waals surface area contributed by atoms with E-state index in [2.05, 4.69) is 35.4 Å². The van der Waals surface area contributed by atoms with Crippen molar-refractivity contribution in [3.05, 3.63) is 89.0 Å². The second-order valence-corrected chi connectivity index (χ2v) is 13.4. The van der Waals surface area contributed by atoms with Crippen molar-refractivity contribution in [3.8, 4) is 17.1 Å². The SMILES string of the molecule is COc1c(NC(=O)c2ccc(C)c(C3(c4cnc(-c5ccncc5)n4C)C=NN=N3)c2)cc(C(C)(C)C)cc1NS(C)(=O)=O. The molecule has 44 heavy (non-hydrogen) atoms. The Morgan fingerprint density at radius 1 is 1.05 bits per heavy atom. The highest BCUT2D eigenvalue weighted by atomic mass is 32.2. The lowest BCUT2D eigenvalue weighted by Gasteiger charge is -2.25. The van der Waals surface area contributed by atoms with Crippen LogP contribution < -0.4 is 14.8 Å². The first-order valence-corrected chi connectivity index (χ1v) is 15.6. The highest BCUT2D eigenvalue weighted by molar-refractivity contribution is 7.92. The van der Waals surface area contributed by atoms with E-state index in [0.717, 1.165) is 22.9 Å². The van der Waals surface area contributed by atoms with E-state index < -0.39 is 21.5 Å². The summed E-state index contributed by atoms with van der Waals surface area (Å²) >= 11 is 0. The molecule has 2 aromatic carbocycles. The van der Waals surface area contributed by atoms with Crippen molar-refractivity contribution in [1.29, 1.82) is 0 Å². The monoisotopic (exact) mass is 614 g/mol. The van der Waals surface area contributed by atoms with Crippen LogP contribution in [0.4, 0.5) is 11.4 Å². The zero-order valence-electron chi connectivity index (χ0n) is 25.6. The first-order valence-electron chi connectivity index (χ1n) is 13.8. The summed E-state index contributed by atoms with van der Waals surface area (Å²) in [6.07, 6.45) is 7.84. The van der Waals surface area contributed by atoms with Crippen LogP contribution in [0.1, 0.15) is 53.5 Å². The Kier molecular flexibility index (Phi) is 7.85. The quantitative estimate of drug-likeness (QED) is 0.271. The molecule has 0 spiro atoms. The third-order valence-electron chi connectivity index (χ3n) is 7.43. The number of ether oxygens (including phenoxy) is 1. The number of amides is 1. The van der Waals surface area contributed by atoms with E-state index in [-0.39, 0.29) is 16.9 Å². The first-order chi connectivity index (χ1) is 20.7. The van der Waals surface area contributed by atoms with Gasteiger partial charge in [-0.25, -0.2) is 13.4 Å². The van der Waals surface area contributed by atoms with Gasteiger partial charge in [0.05, 0.1) is 42.8 Å². The molecule has 1 aliphatic rings. The summed E-state index contributed by atoms with van der Waals surface area (Å²) in [5.74, 6) is 0.481. The van der Waals surface area contributed by atoms with Gasteiger partial charge >= 0.3 is 0 Å². The number of anilines is 2. The molecule has 5 rings (SSSR count). The summed E-state index contributed by atoms with van der Waals surface area (Å²) in [5, 5.41) is 15.5. The van der Waals surface area contributed by atoms with Gasteiger partial charge < -0.3 is 14.6 Å². The van der Waals surface area contributed by atoms with E-state index in [1.54, 1.807) is 49.1 Å². The van der Waals surface area contributed by atoms with Gasteiger partial charge in [0.2, 0.25) is 10.0 Å². The van der Waals surface area contributed by atoms with Gasteiger partial charge in [-0.05, 0) is 70.7 Å². The summed E-state index contributed by atoms with van der Waals surface area (Å²) in [7, 11) is -0.316. The maximum Gasteiger partial charge on any atom is 0.255 e. The predicted octanol–water partition coefficient (Wildman–Crippen LogP) is 5.42. The number of aryl methyl sites for hydroxylation is 1. The lowest BCUT2D eigenvalue weighted by molar-refractivity contribution is 0.102. The van der Waals surface area contributed by atoms with E-state index in [0.29, 0.717) is 28.3 Å². The number of benzene rings is 2. The van der Waals surface area contributed by atoms with Crippen molar-refractivity contribution < 1.29 is 17.9 Å². The van der Waals surface area contributed by atoms with Crippen LogP contribution in [0.25, 0.3) is 11.4 Å². The largest absolute Gasteiger partial charge is 0.492 e. The van der Waals surface area contributed by atoms with Crippen molar-refractivity contribution in [1.82, 2.24) is 14.5 Å². The molecular formula is C31H34N8O4S. The number of sulfonamides is 1. The second-order valence-electron chi connectivity index (χ2n) is 11.7. The topological polar surface area (TPSA) is 152 Å². The van der Waals surface area contributed by atoms with Gasteiger partial charge in [0.1, 0.15) is 5.82 Å². The minimum Gasteiger partial charge on any atom is -0.492 e. The molecule has 1 aliphatic heterocycles. The average Bonchev–Trinajstić information content (AvgIpc) is 3.60. The van der Waals surface area contributed by atoms with Gasteiger partial charge in [-0.15, -0.1) is 10.2 Å². The fourth-order valence-corrected chi connectivity index (χ4v) is 5.71. The number of aromatic nitrogens is 3. The van der Waals surface area contributed by atoms with E-state index in [1.165, 1.54) is 7.11 Å². The van der Waals surface area contributed by atoms with E-state index in [4.69, 9.17) is 4.74 Å². The van der Waals surface area contributed by atoms with Gasteiger partial charge in [0, 0.05) is 30.6 Å². The van der Waals surface area contributed by atoms with Crippen molar-refractivity contribution in [3.63, 3.8) is 0 Å². The third-order valence-corrected chi connectivity index (χ3v) is 8.02. The standard InChI is InChI=1S/C31H34N8O4S/c1-19-8-9-21(29(40)35-24-15-22(30(2,3)4)16-25(27(24)43-6)36-44(7,41)42)14-23(19)31(18-34-38-37-31)26-17-33-28(39(26)5)20-10-12-32-13-11-20/h8-18,36H,1-7H3,(H,35,40). The summed E-state index contributed by atoms with van der Waals surface area (Å²) in [4.78, 5) is 22.5. The Hall–Kier alpha value is -4.91. The molecule has 1 atom stereocenters. The Bertz CT molecular complexity index is 1900. The molecule has 228 valence electrons. The summed E-state index contributed by atoms with van der Waals surface area (Å²) in [6, 6.07) is 12.6. The molecule has 1 amide bonds. The summed E-state index contributed by atoms with van der Waals surface area (Å²) in [6.45, 7) is 7.91. The van der Waals surface area contributed by atoms with Gasteiger partial charge in [-0.3, -0.25) is 14.5 Å². The molecule has 2 N–H and O–H groups in total. The number of carbonyl (C=O) groups excluding carboxylic acids is 1. The minimum atomic E-state index is -3.63. The second kappa shape index (κ2) is 11.3. The van der Waals surface area contributed by atoms with Crippen LogP contribution in [0.15, 0.2) is 76.5 Å². The lowest BCUT2D eigenvalue weighted by Crippen LogP contribution is -2.29. The summed E-state index contributed by atoms with van der Waals surface area (Å²) in [5.41, 5.74) is 3.39. The molecule has 2 aromatic heterocycles. The Labute approximate surface area is 256 Å². The highest BCUT2D eigenvalue weighted by Crippen LogP contribution is 2.41. The highest BCUT2D eigenvalue weighted by Gasteiger charge is 2.41. The molecule has 3 heterocycles. The van der Waals surface area contributed by atoms with E-state index in [9.17, 15) is 13.2 Å². The number of methoxy groups -OCH3 is 1. The van der Waals surface area contributed by atoms with Crippen LogP contribution in [-0.4, -0.2) is 48.4 Å². The third kappa shape index (κ3) is 5.82. The molecule has 0 fully saturated rings. The zero-order valence-corrected chi connectivity index (χ0v) is 26.4. The van der Waals surface area contributed by atoms with Crippen LogP contribution in [0.3, 0.4) is 0 Å². The predicted molar refractivity (Wildman–Crippen MR) is 170 cm³/mol. The van der Waals surface area contributed by atoms with Crippen molar-refractivity contribution in [2.24, 2.45) is 22.5 Å². The maximum absolute atomic E-state index is 13.8. The lowest BCUT2D eigenvalue weighted by atomic mass is 9.84. The summed E-state index contributed by atoms with van der Waals surface area (Å²) < 4.78 is 34.3. The Morgan fingerprint density at radius 2 is 1.75 bits per heavy atom. The number of hydrogen-bond donors (Lipinski definition) is 2. The van der Waals surface area contributed by atoms with Crippen LogP contribution in [-0.2, 0) is 28.0 Å². The van der Waals surface area contributed by atoms with Gasteiger partial charge in [-0.2, -0.15) is 0 Å². The van der Waals surface area contributed by atoms with E-state index >= 15 is 0 Å². The smallest absolute Gasteiger partial charge is 0.255 e. The number of hydrogen-bond acceptors (Lipinski definition) is 9. The number of carbonyl (C=O) groups is 1. The molecule has 13 heteroatoms. The molecule has 0 bridgehead atoms. The number of pyridine rings is 1. The van der Waals surface area contributed by atoms with Crippen LogP contribution in [0, 0.1) is 6.92 Å². The van der Waals surface area contributed by atoms with Gasteiger partial charge in [0.15, 0.2) is 11.3 Å². The van der Waals surface area contributed by atoms with Crippen molar-refractivity contribution >= 4 is 33.5 Å². The normalized spacial score (nSPS) is 16.2. The number of imidazole rings is 1.